The van der Waals surface area contributed by atoms with E-state index in [9.17, 15) is 4.79 Å². The van der Waals surface area contributed by atoms with Crippen molar-refractivity contribution in [1.29, 1.82) is 0 Å². The van der Waals surface area contributed by atoms with E-state index in [0.717, 1.165) is 37.2 Å². The normalized spacial score (nSPS) is 18.6. The van der Waals surface area contributed by atoms with Crippen LogP contribution in [0, 0.1) is 6.92 Å². The molecule has 1 aromatic carbocycles. The van der Waals surface area contributed by atoms with Gasteiger partial charge in [-0.25, -0.2) is 0 Å². The van der Waals surface area contributed by atoms with E-state index in [4.69, 9.17) is 9.47 Å². The summed E-state index contributed by atoms with van der Waals surface area (Å²) in [6.45, 7) is 5.88. The number of hydrogen-bond acceptors (Lipinski definition) is 4. The van der Waals surface area contributed by atoms with E-state index < -0.39 is 0 Å². The molecular weight excluding hydrogens is 280 g/mol. The number of carbonyl (C=O) groups is 1. The van der Waals surface area contributed by atoms with Crippen molar-refractivity contribution in [3.63, 3.8) is 0 Å². The van der Waals surface area contributed by atoms with E-state index in [0.29, 0.717) is 19.3 Å². The van der Waals surface area contributed by atoms with Gasteiger partial charge in [0.2, 0.25) is 0 Å². The third-order valence-corrected chi connectivity index (χ3v) is 4.11. The molecule has 5 heteroatoms. The molecule has 1 atom stereocenters. The molecule has 1 aromatic rings. The second-order valence-electron chi connectivity index (χ2n) is 5.78. The molecule has 122 valence electrons. The topological polar surface area (TPSA) is 50.8 Å². The number of carbonyl (C=O) groups excluding carboxylic acids is 1. The first-order valence-electron chi connectivity index (χ1n) is 7.76. The monoisotopic (exact) mass is 306 g/mol. The Morgan fingerprint density at radius 1 is 1.41 bits per heavy atom. The average Bonchev–Trinajstić information content (AvgIpc) is 2.97. The largest absolute Gasteiger partial charge is 0.383 e. The molecule has 0 spiro atoms. The Bertz CT molecular complexity index is 505. The molecule has 0 radical (unpaired) electrons. The van der Waals surface area contributed by atoms with Crippen molar-refractivity contribution in [1.82, 2.24) is 10.2 Å². The fraction of sp³-hybridized carbons (Fsp3) is 0.588. The van der Waals surface area contributed by atoms with Gasteiger partial charge in [-0.15, -0.1) is 0 Å². The molecule has 1 aliphatic rings. The fourth-order valence-electron chi connectivity index (χ4n) is 2.77. The van der Waals surface area contributed by atoms with Crippen LogP contribution in [-0.4, -0.2) is 57.4 Å². The van der Waals surface area contributed by atoms with Gasteiger partial charge in [0.25, 0.3) is 5.91 Å². The number of likely N-dealkylation sites (tertiary alicyclic amines) is 1. The van der Waals surface area contributed by atoms with Gasteiger partial charge in [-0.2, -0.15) is 0 Å². The minimum Gasteiger partial charge on any atom is -0.383 e. The summed E-state index contributed by atoms with van der Waals surface area (Å²) in [5.41, 5.74) is 2.91. The predicted octanol–water partition coefficient (Wildman–Crippen LogP) is 1.59. The van der Waals surface area contributed by atoms with E-state index in [2.05, 4.69) is 16.3 Å². The Labute approximate surface area is 132 Å². The number of methoxy groups -OCH3 is 2. The van der Waals surface area contributed by atoms with Crippen molar-refractivity contribution in [2.24, 2.45) is 0 Å². The van der Waals surface area contributed by atoms with E-state index in [-0.39, 0.29) is 5.91 Å². The maximum absolute atomic E-state index is 12.2. The molecule has 1 N–H and O–H groups in total. The lowest BCUT2D eigenvalue weighted by Gasteiger charge is -2.17. The van der Waals surface area contributed by atoms with Crippen LogP contribution < -0.4 is 5.32 Å². The van der Waals surface area contributed by atoms with Crippen molar-refractivity contribution < 1.29 is 14.3 Å². The first kappa shape index (κ1) is 16.9. The summed E-state index contributed by atoms with van der Waals surface area (Å²) >= 11 is 0. The van der Waals surface area contributed by atoms with Gasteiger partial charge in [-0.3, -0.25) is 9.69 Å². The number of amides is 1. The summed E-state index contributed by atoms with van der Waals surface area (Å²) in [6, 6.07) is 6.11. The summed E-state index contributed by atoms with van der Waals surface area (Å²) in [5, 5.41) is 2.88. The van der Waals surface area contributed by atoms with Gasteiger partial charge in [-0.1, -0.05) is 12.1 Å². The standard InChI is InChI=1S/C17H26N2O3/c1-13-4-5-14(11-19-8-6-15(12-19)22-3)10-16(13)17(20)18-7-9-21-2/h4-5,10,15H,6-9,11-12H2,1-3H3,(H,18,20)/t15-/m0/s1. The van der Waals surface area contributed by atoms with Crippen LogP contribution in [-0.2, 0) is 16.0 Å². The average molecular weight is 306 g/mol. The zero-order valence-corrected chi connectivity index (χ0v) is 13.7. The highest BCUT2D eigenvalue weighted by Gasteiger charge is 2.22. The molecule has 1 aliphatic heterocycles. The van der Waals surface area contributed by atoms with Gasteiger partial charge >= 0.3 is 0 Å². The number of nitrogens with one attached hydrogen (secondary N) is 1. The molecule has 0 aromatic heterocycles. The van der Waals surface area contributed by atoms with Gasteiger partial charge in [0.15, 0.2) is 0 Å². The van der Waals surface area contributed by atoms with Crippen LogP contribution in [0.3, 0.4) is 0 Å². The molecule has 22 heavy (non-hydrogen) atoms. The van der Waals surface area contributed by atoms with Crippen LogP contribution in [0.15, 0.2) is 18.2 Å². The van der Waals surface area contributed by atoms with Crippen molar-refractivity contribution in [3.8, 4) is 0 Å². The number of benzene rings is 1. The molecule has 0 bridgehead atoms. The summed E-state index contributed by atoms with van der Waals surface area (Å²) < 4.78 is 10.4. The summed E-state index contributed by atoms with van der Waals surface area (Å²) in [5.74, 6) is -0.0346. The highest BCUT2D eigenvalue weighted by atomic mass is 16.5. The second-order valence-corrected chi connectivity index (χ2v) is 5.78. The molecule has 1 amide bonds. The van der Waals surface area contributed by atoms with Gasteiger partial charge in [0.1, 0.15) is 0 Å². The zero-order valence-electron chi connectivity index (χ0n) is 13.7. The number of rotatable bonds is 7. The lowest BCUT2D eigenvalue weighted by atomic mass is 10.0. The van der Waals surface area contributed by atoms with E-state index in [1.165, 1.54) is 5.56 Å². The van der Waals surface area contributed by atoms with Gasteiger partial charge < -0.3 is 14.8 Å². The van der Waals surface area contributed by atoms with Crippen molar-refractivity contribution in [3.05, 3.63) is 34.9 Å². The molecule has 1 heterocycles. The van der Waals surface area contributed by atoms with Crippen molar-refractivity contribution >= 4 is 5.91 Å². The minimum absolute atomic E-state index is 0.0346. The third kappa shape index (κ3) is 4.53. The van der Waals surface area contributed by atoms with Crippen LogP contribution in [0.2, 0.25) is 0 Å². The lowest BCUT2D eigenvalue weighted by Crippen LogP contribution is -2.28. The lowest BCUT2D eigenvalue weighted by molar-refractivity contribution is 0.0936. The summed E-state index contributed by atoms with van der Waals surface area (Å²) in [6.07, 6.45) is 1.41. The Balaban J connectivity index is 1.98. The van der Waals surface area contributed by atoms with Crippen LogP contribution in [0.4, 0.5) is 0 Å². The molecule has 1 saturated heterocycles. The van der Waals surface area contributed by atoms with Gasteiger partial charge in [-0.05, 0) is 30.5 Å². The maximum Gasteiger partial charge on any atom is 0.251 e. The number of hydrogen-bond donors (Lipinski definition) is 1. The molecule has 0 aliphatic carbocycles. The Morgan fingerprint density at radius 2 is 2.23 bits per heavy atom. The predicted molar refractivity (Wildman–Crippen MR) is 86.1 cm³/mol. The quantitative estimate of drug-likeness (QED) is 0.777. The van der Waals surface area contributed by atoms with Crippen LogP contribution in [0.25, 0.3) is 0 Å². The highest BCUT2D eigenvalue weighted by molar-refractivity contribution is 5.95. The van der Waals surface area contributed by atoms with Gasteiger partial charge in [0.05, 0.1) is 12.7 Å². The molecule has 5 nitrogen and oxygen atoms in total. The number of aryl methyl sites for hydroxylation is 1. The molecule has 1 fully saturated rings. The van der Waals surface area contributed by atoms with E-state index in [1.54, 1.807) is 14.2 Å². The van der Waals surface area contributed by atoms with E-state index >= 15 is 0 Å². The molecular formula is C17H26N2O3. The third-order valence-electron chi connectivity index (χ3n) is 4.11. The Morgan fingerprint density at radius 3 is 2.91 bits per heavy atom. The maximum atomic E-state index is 12.2. The first-order valence-corrected chi connectivity index (χ1v) is 7.76. The summed E-state index contributed by atoms with van der Waals surface area (Å²) in [7, 11) is 3.39. The molecule has 0 unspecified atom stereocenters. The minimum atomic E-state index is -0.0346. The highest BCUT2D eigenvalue weighted by Crippen LogP contribution is 2.17. The van der Waals surface area contributed by atoms with E-state index in [1.807, 2.05) is 19.1 Å². The SMILES string of the molecule is COCCNC(=O)c1cc(CN2CC[C@H](OC)C2)ccc1C. The first-order chi connectivity index (χ1) is 10.6. The zero-order chi connectivity index (χ0) is 15.9. The van der Waals surface area contributed by atoms with Crippen LogP contribution in [0.5, 0.6) is 0 Å². The van der Waals surface area contributed by atoms with Gasteiger partial charge in [0, 0.05) is 46.0 Å². The Hall–Kier alpha value is -1.43. The molecule has 0 saturated carbocycles. The van der Waals surface area contributed by atoms with Crippen molar-refractivity contribution in [2.75, 3.05) is 40.5 Å². The van der Waals surface area contributed by atoms with Crippen LogP contribution in [0.1, 0.15) is 27.9 Å². The summed E-state index contributed by atoms with van der Waals surface area (Å²) in [4.78, 5) is 14.6. The van der Waals surface area contributed by atoms with Crippen molar-refractivity contribution in [2.45, 2.75) is 26.0 Å². The molecule has 2 rings (SSSR count). The fourth-order valence-corrected chi connectivity index (χ4v) is 2.77. The number of nitrogens with zero attached hydrogens (tertiary/aromatic N) is 1. The van der Waals surface area contributed by atoms with Crippen LogP contribution >= 0.6 is 0 Å². The smallest absolute Gasteiger partial charge is 0.251 e. The number of ether oxygens (including phenoxy) is 2. The Kier molecular flexibility index (Phi) is 6.36. The second kappa shape index (κ2) is 8.27.